The summed E-state index contributed by atoms with van der Waals surface area (Å²) >= 11 is 8.78. The first-order valence-corrected chi connectivity index (χ1v) is 22.8. The van der Waals surface area contributed by atoms with Gasteiger partial charge < -0.3 is 10.0 Å². The van der Waals surface area contributed by atoms with E-state index in [9.17, 15) is 24.3 Å². The number of aromatic nitrogens is 2. The lowest BCUT2D eigenvalue weighted by molar-refractivity contribution is -0.137. The first-order valence-electron chi connectivity index (χ1n) is 20.0. The number of carboxylic acids is 1. The van der Waals surface area contributed by atoms with Crippen LogP contribution in [0.25, 0.3) is 22.6 Å². The van der Waals surface area contributed by atoms with Crippen molar-refractivity contribution in [2.24, 2.45) is 0 Å². The quantitative estimate of drug-likeness (QED) is 0.117. The van der Waals surface area contributed by atoms with Gasteiger partial charge in [0, 0.05) is 36.4 Å². The maximum Gasteiger partial charge on any atom is 0.323 e. The Kier molecular flexibility index (Phi) is 10.9. The maximum absolute atomic E-state index is 14.0. The van der Waals surface area contributed by atoms with Gasteiger partial charge in [-0.25, -0.2) is 0 Å². The van der Waals surface area contributed by atoms with Crippen LogP contribution in [0.1, 0.15) is 66.8 Å². The Labute approximate surface area is 363 Å². The van der Waals surface area contributed by atoms with E-state index in [0.29, 0.717) is 36.9 Å². The summed E-state index contributed by atoms with van der Waals surface area (Å²) in [4.78, 5) is 57.6. The summed E-state index contributed by atoms with van der Waals surface area (Å²) in [7, 11) is 0. The highest BCUT2D eigenvalue weighted by molar-refractivity contribution is 8.30. The van der Waals surface area contributed by atoms with Crippen LogP contribution in [0.15, 0.2) is 113 Å². The Hall–Kier alpha value is -5.60. The van der Waals surface area contributed by atoms with Crippen LogP contribution < -0.4 is 25.2 Å². The van der Waals surface area contributed by atoms with E-state index in [1.165, 1.54) is 15.0 Å². The normalized spacial score (nSPS) is 18.9. The first-order chi connectivity index (χ1) is 29.1. The number of hydrogen-bond acceptors (Lipinski definition) is 9. The fourth-order valence-electron chi connectivity index (χ4n) is 8.69. The predicted molar refractivity (Wildman–Crippen MR) is 247 cm³/mol. The molecule has 3 aliphatic rings. The number of hydrogen-bond donors (Lipinski definition) is 1. The summed E-state index contributed by atoms with van der Waals surface area (Å²) in [6, 6.07) is 36.3. The van der Waals surface area contributed by atoms with E-state index in [2.05, 4.69) is 95.9 Å². The summed E-state index contributed by atoms with van der Waals surface area (Å²) in [5, 5.41) is 9.86. The van der Waals surface area contributed by atoms with Crippen molar-refractivity contribution in [3.05, 3.63) is 170 Å². The molecule has 0 bridgehead atoms. The number of benzene rings is 4. The summed E-state index contributed by atoms with van der Waals surface area (Å²) in [6.07, 6.45) is 7.30. The summed E-state index contributed by atoms with van der Waals surface area (Å²) in [5.41, 5.74) is 8.08. The Morgan fingerprint density at radius 2 is 1.48 bits per heavy atom. The smallest absolute Gasteiger partial charge is 0.323 e. The number of carboxylic acid groups (broad SMARTS) is 1. The lowest BCUT2D eigenvalue weighted by Crippen LogP contribution is -2.31. The highest BCUT2D eigenvalue weighted by Crippen LogP contribution is 2.52. The summed E-state index contributed by atoms with van der Waals surface area (Å²) < 4.78 is 4.33. The van der Waals surface area contributed by atoms with Crippen LogP contribution in [-0.4, -0.2) is 47.9 Å². The second-order valence-corrected chi connectivity index (χ2v) is 18.6. The van der Waals surface area contributed by atoms with Gasteiger partial charge in [-0.15, -0.1) is 22.7 Å². The number of nitrogens with zero attached hydrogens (tertiary/aromatic N) is 4. The third-order valence-electron chi connectivity index (χ3n) is 11.4. The molecule has 0 radical (unpaired) electrons. The van der Waals surface area contributed by atoms with Crippen LogP contribution in [0, 0.1) is 9.20 Å². The molecular weight excluding hydrogens is 829 g/mol. The molecule has 60 heavy (non-hydrogen) atoms. The molecule has 1 saturated heterocycles. The van der Waals surface area contributed by atoms with E-state index >= 15 is 0 Å². The number of anilines is 2. The molecule has 4 heterocycles. The molecule has 1 N–H and O–H groups in total. The minimum Gasteiger partial charge on any atom is -0.480 e. The fourth-order valence-corrected chi connectivity index (χ4v) is 12.7. The van der Waals surface area contributed by atoms with Crippen LogP contribution >= 0.6 is 46.7 Å². The average Bonchev–Trinajstić information content (AvgIpc) is 4.06. The molecule has 2 fully saturated rings. The third kappa shape index (κ3) is 7.12. The molecule has 0 spiro atoms. The van der Waals surface area contributed by atoms with Crippen LogP contribution in [-0.2, 0) is 22.7 Å². The lowest BCUT2D eigenvalue weighted by atomic mass is 9.95. The Balaban J connectivity index is 1.11. The molecule has 2 aromatic heterocycles. The van der Waals surface area contributed by atoms with Gasteiger partial charge in [0.05, 0.1) is 4.53 Å². The molecule has 302 valence electrons. The van der Waals surface area contributed by atoms with Crippen LogP contribution in [0.3, 0.4) is 0 Å². The van der Waals surface area contributed by atoms with E-state index in [4.69, 9.17) is 12.2 Å². The Bertz CT molecular complexity index is 3040. The van der Waals surface area contributed by atoms with Crippen molar-refractivity contribution in [3.8, 4) is 0 Å². The molecule has 1 aliphatic carbocycles. The van der Waals surface area contributed by atoms with Gasteiger partial charge in [0.1, 0.15) is 29.6 Å². The number of thiazole rings is 2. The van der Waals surface area contributed by atoms with Crippen molar-refractivity contribution < 1.29 is 14.7 Å². The lowest BCUT2D eigenvalue weighted by Gasteiger charge is -2.27. The van der Waals surface area contributed by atoms with Gasteiger partial charge in [-0.1, -0.05) is 109 Å². The number of carbonyl (C=O) groups excluding carboxylic acids is 1. The van der Waals surface area contributed by atoms with Crippen molar-refractivity contribution in [3.63, 3.8) is 0 Å². The number of carbonyl (C=O) groups is 2. The standard InChI is InChI=1S/C47H40N4O5S4/c1-3-48-43(55)40(59-45(48)41-44(56)49(4-2)47(57)60-41)46-50(27-39(52)53)42(54)38(58-46)26-29-20-23-37-35(25-29)33-16-11-17-36(33)51(37)32-21-18-28(19-22-32)24-34(30-12-7-5-8-13-30)31-14-9-6-10-15-31/h5-10,12-15,18-26,33,36H,3-4,11,16-17,27H2,1-2H3,(H,52,53)/b38-26?,45-41?,46-40+. The molecular formula is C47H40N4O5S4. The zero-order valence-electron chi connectivity index (χ0n) is 32.9. The molecule has 1 amide bonds. The van der Waals surface area contributed by atoms with Gasteiger partial charge in [-0.3, -0.25) is 33.2 Å². The number of fused-ring (bicyclic) bond motifs is 3. The zero-order valence-corrected chi connectivity index (χ0v) is 36.1. The van der Waals surface area contributed by atoms with Crippen molar-refractivity contribution in [2.45, 2.75) is 58.2 Å². The summed E-state index contributed by atoms with van der Waals surface area (Å²) in [5.74, 6) is -1.13. The fraction of sp³-hybridized carbons (Fsp3) is 0.213. The highest BCUT2D eigenvalue weighted by atomic mass is 32.2. The van der Waals surface area contributed by atoms with Crippen molar-refractivity contribution in [2.75, 3.05) is 11.4 Å². The van der Waals surface area contributed by atoms with Gasteiger partial charge in [0.15, 0.2) is 0 Å². The third-order valence-corrected chi connectivity index (χ3v) is 15.4. The molecule has 13 heteroatoms. The number of thiocarbonyl (C=S) groups is 1. The minimum atomic E-state index is -1.20. The molecule has 4 aromatic carbocycles. The van der Waals surface area contributed by atoms with Crippen molar-refractivity contribution >= 4 is 96.9 Å². The summed E-state index contributed by atoms with van der Waals surface area (Å²) in [6.45, 7) is 3.73. The second-order valence-electron chi connectivity index (χ2n) is 14.9. The topological polar surface area (TPSA) is 105 Å². The zero-order chi connectivity index (χ0) is 41.7. The van der Waals surface area contributed by atoms with E-state index in [1.807, 2.05) is 32.0 Å². The predicted octanol–water partition coefficient (Wildman–Crippen LogP) is 7.72. The highest BCUT2D eigenvalue weighted by Gasteiger charge is 2.42. The number of amides is 1. The molecule has 1 saturated carbocycles. The molecule has 2 atom stereocenters. The molecule has 9 rings (SSSR count). The van der Waals surface area contributed by atoms with Crippen LogP contribution in [0.2, 0.25) is 0 Å². The maximum atomic E-state index is 14.0. The molecule has 9 nitrogen and oxygen atoms in total. The van der Waals surface area contributed by atoms with Gasteiger partial charge in [0.2, 0.25) is 0 Å². The monoisotopic (exact) mass is 868 g/mol. The Morgan fingerprint density at radius 1 is 0.800 bits per heavy atom. The van der Waals surface area contributed by atoms with Gasteiger partial charge in [0.25, 0.3) is 17.0 Å². The molecule has 2 unspecified atom stereocenters. The van der Waals surface area contributed by atoms with E-state index in [0.717, 1.165) is 97.5 Å². The van der Waals surface area contributed by atoms with E-state index in [1.54, 1.807) is 6.08 Å². The average molecular weight is 869 g/mol. The van der Waals surface area contributed by atoms with Gasteiger partial charge >= 0.3 is 5.97 Å². The SMILES string of the molecule is CCN1C(=O)C(=c2s/c(=c3/sc(=Cc4ccc5c(c4)C4CCCC4N5c4ccc(C=C(c5ccccc5)c5ccccc5)cc4)c(=O)n3CC(=O)O)c(=O)n2CC)SC1=S. The van der Waals surface area contributed by atoms with Crippen molar-refractivity contribution in [1.29, 1.82) is 0 Å². The van der Waals surface area contributed by atoms with E-state index < -0.39 is 18.1 Å². The molecule has 6 aromatic rings. The number of aliphatic carboxylic acids is 1. The number of rotatable bonds is 9. The van der Waals surface area contributed by atoms with Crippen molar-refractivity contribution in [1.82, 2.24) is 14.0 Å². The largest absolute Gasteiger partial charge is 0.480 e. The van der Waals surface area contributed by atoms with Crippen LogP contribution in [0.5, 0.6) is 0 Å². The minimum absolute atomic E-state index is 0.216. The van der Waals surface area contributed by atoms with Gasteiger partial charge in [-0.05, 0) is 96.5 Å². The van der Waals surface area contributed by atoms with E-state index in [-0.39, 0.29) is 27.2 Å². The van der Waals surface area contributed by atoms with Crippen LogP contribution in [0.4, 0.5) is 11.4 Å². The first kappa shape index (κ1) is 39.8. The Morgan fingerprint density at radius 3 is 2.12 bits per heavy atom. The molecule has 2 aliphatic heterocycles. The van der Waals surface area contributed by atoms with Gasteiger partial charge in [-0.2, -0.15) is 0 Å². The number of thioether (sulfide) groups is 1. The second kappa shape index (κ2) is 16.5.